The van der Waals surface area contributed by atoms with E-state index in [4.69, 9.17) is 0 Å². The van der Waals surface area contributed by atoms with Crippen LogP contribution in [-0.4, -0.2) is 4.57 Å². The first-order valence-corrected chi connectivity index (χ1v) is 14.4. The number of alkyl halides is 3. The van der Waals surface area contributed by atoms with Crippen LogP contribution in [0, 0.1) is 11.3 Å². The van der Waals surface area contributed by atoms with E-state index in [9.17, 15) is 18.4 Å². The van der Waals surface area contributed by atoms with Crippen molar-refractivity contribution in [3.63, 3.8) is 0 Å². The van der Waals surface area contributed by atoms with Gasteiger partial charge >= 0.3 is 6.18 Å². The molecule has 0 radical (unpaired) electrons. The Hall–Kier alpha value is -5.60. The molecule has 0 aliphatic heterocycles. The molecule has 0 N–H and O–H groups in total. The van der Waals surface area contributed by atoms with E-state index >= 15 is 0 Å². The molecule has 1 aliphatic carbocycles. The van der Waals surface area contributed by atoms with E-state index in [2.05, 4.69) is 28.8 Å². The van der Waals surface area contributed by atoms with Crippen molar-refractivity contribution in [2.45, 2.75) is 12.6 Å². The summed E-state index contributed by atoms with van der Waals surface area (Å²) >= 11 is 0. The lowest BCUT2D eigenvalue weighted by Gasteiger charge is -2.22. The zero-order valence-corrected chi connectivity index (χ0v) is 23.4. The molecule has 1 heterocycles. The van der Waals surface area contributed by atoms with Crippen molar-refractivity contribution in [2.24, 2.45) is 0 Å². The number of hydrogen-bond acceptors (Lipinski definition) is 1. The Morgan fingerprint density at radius 3 is 2.09 bits per heavy atom. The third kappa shape index (κ3) is 3.81. The molecule has 6 aromatic carbocycles. The molecule has 44 heavy (non-hydrogen) atoms. The molecule has 0 spiro atoms. The molecule has 5 heteroatoms. The second-order valence-corrected chi connectivity index (χ2v) is 11.1. The van der Waals surface area contributed by atoms with Crippen molar-refractivity contribution in [2.75, 3.05) is 0 Å². The van der Waals surface area contributed by atoms with Gasteiger partial charge in [-0.25, -0.2) is 0 Å². The molecular formula is C39H23F3N2. The monoisotopic (exact) mass is 576 g/mol. The van der Waals surface area contributed by atoms with Gasteiger partial charge in [0.25, 0.3) is 0 Å². The fourth-order valence-electron chi connectivity index (χ4n) is 6.95. The number of aromatic nitrogens is 1. The van der Waals surface area contributed by atoms with Crippen LogP contribution < -0.4 is 0 Å². The molecule has 0 bridgehead atoms. The van der Waals surface area contributed by atoms with E-state index < -0.39 is 11.7 Å². The van der Waals surface area contributed by atoms with Crippen molar-refractivity contribution in [1.82, 2.24) is 4.57 Å². The van der Waals surface area contributed by atoms with Gasteiger partial charge in [-0.3, -0.25) is 0 Å². The van der Waals surface area contributed by atoms with Gasteiger partial charge in [0.1, 0.15) is 0 Å². The van der Waals surface area contributed by atoms with Crippen LogP contribution in [0.2, 0.25) is 0 Å². The first kappa shape index (κ1) is 26.1. The van der Waals surface area contributed by atoms with E-state index in [1.54, 1.807) is 0 Å². The summed E-state index contributed by atoms with van der Waals surface area (Å²) in [4.78, 5) is 0. The highest BCUT2D eigenvalue weighted by molar-refractivity contribution is 6.24. The summed E-state index contributed by atoms with van der Waals surface area (Å²) in [6, 6.07) is 41.8. The summed E-state index contributed by atoms with van der Waals surface area (Å²) in [5, 5.41) is 11.5. The molecule has 8 rings (SSSR count). The first-order valence-electron chi connectivity index (χ1n) is 14.4. The van der Waals surface area contributed by atoms with Crippen molar-refractivity contribution in [3.05, 3.63) is 150 Å². The Bertz CT molecular complexity index is 2290. The van der Waals surface area contributed by atoms with Crippen LogP contribution in [0.3, 0.4) is 0 Å². The number of fused-ring (bicyclic) bond motifs is 6. The van der Waals surface area contributed by atoms with Gasteiger partial charge in [-0.05, 0) is 75.7 Å². The van der Waals surface area contributed by atoms with Crippen LogP contribution in [0.4, 0.5) is 13.2 Å². The Morgan fingerprint density at radius 2 is 1.34 bits per heavy atom. The van der Waals surface area contributed by atoms with Gasteiger partial charge in [0, 0.05) is 22.0 Å². The summed E-state index contributed by atoms with van der Waals surface area (Å²) in [6.07, 6.45) is -4.08. The molecule has 0 unspecified atom stereocenters. The summed E-state index contributed by atoms with van der Waals surface area (Å²) < 4.78 is 47.0. The van der Waals surface area contributed by atoms with E-state index in [1.165, 1.54) is 12.1 Å². The highest BCUT2D eigenvalue weighted by Crippen LogP contribution is 2.55. The molecule has 1 aromatic heterocycles. The second kappa shape index (κ2) is 9.72. The van der Waals surface area contributed by atoms with Crippen molar-refractivity contribution in [3.8, 4) is 45.1 Å². The quantitative estimate of drug-likeness (QED) is 0.206. The molecule has 210 valence electrons. The van der Waals surface area contributed by atoms with Gasteiger partial charge < -0.3 is 4.57 Å². The average molecular weight is 577 g/mol. The number of nitrogens with zero attached hydrogens (tertiary/aromatic N) is 2. The minimum absolute atomic E-state index is 0.0288. The lowest BCUT2D eigenvalue weighted by atomic mass is 9.83. The van der Waals surface area contributed by atoms with E-state index in [1.807, 2.05) is 91.0 Å². The number of halogens is 3. The van der Waals surface area contributed by atoms with Crippen LogP contribution in [0.25, 0.3) is 60.9 Å². The third-order valence-corrected chi connectivity index (χ3v) is 8.67. The fraction of sp³-hybridized carbons (Fsp3) is 0.0513. The minimum atomic E-state index is -4.68. The van der Waals surface area contributed by atoms with E-state index in [0.717, 1.165) is 61.4 Å². The Balaban J connectivity index is 1.70. The highest BCUT2D eigenvalue weighted by atomic mass is 19.4. The van der Waals surface area contributed by atoms with E-state index in [-0.39, 0.29) is 11.1 Å². The molecule has 7 aromatic rings. The maximum absolute atomic E-state index is 15.0. The normalized spacial score (nSPS) is 12.3. The summed E-state index contributed by atoms with van der Waals surface area (Å²) in [6.45, 7) is 0. The highest BCUT2D eigenvalue weighted by Gasteiger charge is 2.38. The van der Waals surface area contributed by atoms with Gasteiger partial charge in [-0.15, -0.1) is 0 Å². The number of para-hydroxylation sites is 2. The molecule has 1 aliphatic rings. The molecule has 0 saturated carbocycles. The minimum Gasteiger partial charge on any atom is -0.309 e. The van der Waals surface area contributed by atoms with Crippen LogP contribution >= 0.6 is 0 Å². The second-order valence-electron chi connectivity index (χ2n) is 11.1. The molecule has 0 saturated heterocycles. The van der Waals surface area contributed by atoms with Gasteiger partial charge in [-0.1, -0.05) is 97.1 Å². The predicted molar refractivity (Wildman–Crippen MR) is 170 cm³/mol. The van der Waals surface area contributed by atoms with Crippen molar-refractivity contribution < 1.29 is 13.2 Å². The van der Waals surface area contributed by atoms with Crippen molar-refractivity contribution in [1.29, 1.82) is 5.26 Å². The molecule has 0 fully saturated rings. The predicted octanol–water partition coefficient (Wildman–Crippen LogP) is 10.6. The van der Waals surface area contributed by atoms with Crippen LogP contribution in [0.15, 0.2) is 127 Å². The number of rotatable bonds is 3. The maximum Gasteiger partial charge on any atom is 0.417 e. The Kier molecular flexibility index (Phi) is 5.76. The van der Waals surface area contributed by atoms with Crippen LogP contribution in [0.1, 0.15) is 22.3 Å². The van der Waals surface area contributed by atoms with Gasteiger partial charge in [0.05, 0.1) is 28.2 Å². The zero-order chi connectivity index (χ0) is 30.0. The molecule has 0 atom stereocenters. The van der Waals surface area contributed by atoms with Crippen LogP contribution in [0.5, 0.6) is 0 Å². The van der Waals surface area contributed by atoms with Crippen LogP contribution in [-0.2, 0) is 12.6 Å². The van der Waals surface area contributed by atoms with Crippen molar-refractivity contribution >= 4 is 21.8 Å². The maximum atomic E-state index is 15.0. The third-order valence-electron chi connectivity index (χ3n) is 8.67. The van der Waals surface area contributed by atoms with E-state index in [0.29, 0.717) is 17.5 Å². The topological polar surface area (TPSA) is 28.7 Å². The molecule has 2 nitrogen and oxygen atoms in total. The summed E-state index contributed by atoms with van der Waals surface area (Å²) in [7, 11) is 0. The lowest BCUT2D eigenvalue weighted by molar-refractivity contribution is -0.137. The zero-order valence-electron chi connectivity index (χ0n) is 23.4. The van der Waals surface area contributed by atoms with Gasteiger partial charge in [-0.2, -0.15) is 18.4 Å². The first-order chi connectivity index (χ1) is 21.5. The number of nitriles is 1. The summed E-state index contributed by atoms with van der Waals surface area (Å²) in [5.41, 5.74) is 8.08. The Labute approximate surface area is 251 Å². The van der Waals surface area contributed by atoms with Gasteiger partial charge in [0.2, 0.25) is 0 Å². The molecular weight excluding hydrogens is 553 g/mol. The number of benzene rings is 6. The lowest BCUT2D eigenvalue weighted by Crippen LogP contribution is -2.09. The summed E-state index contributed by atoms with van der Waals surface area (Å²) in [5.74, 6) is 0. The SMILES string of the molecule is N#Cc1ccc(-c2c3c(c(-c4ccccc4)c4c5ccccc5n(-c5ccccc5)c24)Cc2ccccc2-3)c(C(F)(F)F)c1. The number of hydrogen-bond donors (Lipinski definition) is 0. The van der Waals surface area contributed by atoms with Gasteiger partial charge in [0.15, 0.2) is 0 Å². The smallest absolute Gasteiger partial charge is 0.309 e. The average Bonchev–Trinajstić information content (AvgIpc) is 3.60. The largest absolute Gasteiger partial charge is 0.417 e. The standard InChI is InChI=1S/C39H23F3N2/c40-39(41,42)32-21-24(23-43)19-20-29(32)36-35-28-16-8-7-13-26(28)22-31(35)34(25-11-3-1-4-12-25)37-30-17-9-10-18-33(30)44(38(36)37)27-14-5-2-6-15-27/h1-21H,22H2. The molecule has 0 amide bonds. The Morgan fingerprint density at radius 1 is 0.659 bits per heavy atom. The fourth-order valence-corrected chi connectivity index (χ4v) is 6.95.